The summed E-state index contributed by atoms with van der Waals surface area (Å²) < 4.78 is 34.6. The molecule has 100 valence electrons. The number of nitrogens with one attached hydrogen (secondary N) is 1. The van der Waals surface area contributed by atoms with Gasteiger partial charge in [-0.3, -0.25) is 0 Å². The van der Waals surface area contributed by atoms with E-state index in [2.05, 4.69) is 5.32 Å². The van der Waals surface area contributed by atoms with Crippen LogP contribution in [0.1, 0.15) is 11.7 Å². The monoisotopic (exact) mass is 271 g/mol. The van der Waals surface area contributed by atoms with E-state index in [1.165, 1.54) is 13.4 Å². The van der Waals surface area contributed by atoms with Crippen LogP contribution in [0, 0.1) is 0 Å². The van der Waals surface area contributed by atoms with Gasteiger partial charge in [0.05, 0.1) is 19.8 Å². The van der Waals surface area contributed by atoms with Crippen LogP contribution in [0.3, 0.4) is 0 Å². The maximum Gasteiger partial charge on any atom is 0.179 e. The molecule has 1 aliphatic heterocycles. The van der Waals surface area contributed by atoms with Gasteiger partial charge in [-0.15, -0.1) is 0 Å². The summed E-state index contributed by atoms with van der Waals surface area (Å²) in [6.07, 6.45) is 0.934. The number of benzene rings is 1. The van der Waals surface area contributed by atoms with Crippen molar-refractivity contribution in [2.24, 2.45) is 0 Å². The fraction of sp³-hybridized carbons (Fsp3) is 0.500. The van der Waals surface area contributed by atoms with Crippen LogP contribution >= 0.6 is 0 Å². The van der Waals surface area contributed by atoms with Crippen LogP contribution in [0.2, 0.25) is 0 Å². The molecule has 1 heterocycles. The number of hydrogen-bond acceptors (Lipinski definition) is 5. The second-order valence-corrected chi connectivity index (χ2v) is 6.17. The number of morpholine rings is 1. The minimum atomic E-state index is -3.36. The smallest absolute Gasteiger partial charge is 0.179 e. The van der Waals surface area contributed by atoms with Gasteiger partial charge in [0, 0.05) is 24.9 Å². The number of ether oxygens (including phenoxy) is 2. The van der Waals surface area contributed by atoms with Crippen LogP contribution in [0.25, 0.3) is 0 Å². The lowest BCUT2D eigenvalue weighted by molar-refractivity contribution is 0.0258. The van der Waals surface area contributed by atoms with Gasteiger partial charge in [-0.2, -0.15) is 0 Å². The third-order valence-corrected chi connectivity index (χ3v) is 4.05. The molecule has 1 saturated heterocycles. The maximum atomic E-state index is 11.9. The first-order valence-corrected chi connectivity index (χ1v) is 7.62. The minimum Gasteiger partial charge on any atom is -0.495 e. The number of rotatable bonds is 3. The van der Waals surface area contributed by atoms with E-state index in [0.717, 1.165) is 6.54 Å². The van der Waals surface area contributed by atoms with Crippen molar-refractivity contribution in [3.05, 3.63) is 23.8 Å². The molecule has 0 radical (unpaired) electrons. The molecule has 0 bridgehead atoms. The summed E-state index contributed by atoms with van der Waals surface area (Å²) >= 11 is 0. The standard InChI is InChI=1S/C12H17NO4S/c1-16-10-5-3-4-9(12(10)18(2,14)15)11-8-13-6-7-17-11/h3-5,11,13H,6-8H2,1-2H3. The molecular weight excluding hydrogens is 254 g/mol. The van der Waals surface area contributed by atoms with Crippen LogP contribution < -0.4 is 10.1 Å². The molecule has 18 heavy (non-hydrogen) atoms. The number of hydrogen-bond donors (Lipinski definition) is 1. The highest BCUT2D eigenvalue weighted by molar-refractivity contribution is 7.90. The summed E-state index contributed by atoms with van der Waals surface area (Å²) in [6.45, 7) is 1.97. The minimum absolute atomic E-state index is 0.223. The summed E-state index contributed by atoms with van der Waals surface area (Å²) in [7, 11) is -1.89. The van der Waals surface area contributed by atoms with Crippen LogP contribution in [0.4, 0.5) is 0 Å². The van der Waals surface area contributed by atoms with Crippen LogP contribution in [0.5, 0.6) is 5.75 Å². The molecule has 1 atom stereocenters. The van der Waals surface area contributed by atoms with E-state index in [1.807, 2.05) is 0 Å². The van der Waals surface area contributed by atoms with Gasteiger partial charge < -0.3 is 14.8 Å². The van der Waals surface area contributed by atoms with Gasteiger partial charge in [0.15, 0.2) is 9.84 Å². The molecule has 1 aromatic carbocycles. The zero-order valence-corrected chi connectivity index (χ0v) is 11.3. The van der Waals surface area contributed by atoms with Crippen molar-refractivity contribution in [3.63, 3.8) is 0 Å². The zero-order chi connectivity index (χ0) is 13.2. The zero-order valence-electron chi connectivity index (χ0n) is 10.5. The quantitative estimate of drug-likeness (QED) is 0.879. The molecule has 1 fully saturated rings. The van der Waals surface area contributed by atoms with Crippen molar-refractivity contribution < 1.29 is 17.9 Å². The molecule has 1 aliphatic rings. The van der Waals surface area contributed by atoms with Crippen LogP contribution in [0.15, 0.2) is 23.1 Å². The maximum absolute atomic E-state index is 11.9. The highest BCUT2D eigenvalue weighted by Crippen LogP contribution is 2.33. The molecule has 0 amide bonds. The summed E-state index contributed by atoms with van der Waals surface area (Å²) in [5.74, 6) is 0.365. The third kappa shape index (κ3) is 2.66. The van der Waals surface area contributed by atoms with E-state index in [-0.39, 0.29) is 11.0 Å². The Morgan fingerprint density at radius 3 is 2.78 bits per heavy atom. The van der Waals surface area contributed by atoms with E-state index in [0.29, 0.717) is 24.5 Å². The van der Waals surface area contributed by atoms with Crippen LogP contribution in [-0.2, 0) is 14.6 Å². The molecule has 5 nitrogen and oxygen atoms in total. The molecule has 6 heteroatoms. The summed E-state index contributed by atoms with van der Waals surface area (Å²) in [5, 5.41) is 3.19. The molecule has 0 aromatic heterocycles. The van der Waals surface area contributed by atoms with Gasteiger partial charge >= 0.3 is 0 Å². The Balaban J connectivity index is 2.52. The highest BCUT2D eigenvalue weighted by Gasteiger charge is 2.26. The van der Waals surface area contributed by atoms with Crippen molar-refractivity contribution in [1.82, 2.24) is 5.32 Å². The lowest BCUT2D eigenvalue weighted by Crippen LogP contribution is -2.34. The van der Waals surface area contributed by atoms with Gasteiger partial charge in [-0.25, -0.2) is 8.42 Å². The molecular formula is C12H17NO4S. The predicted octanol–water partition coefficient (Wildman–Crippen LogP) is 0.760. The highest BCUT2D eigenvalue weighted by atomic mass is 32.2. The van der Waals surface area contributed by atoms with Crippen LogP contribution in [-0.4, -0.2) is 41.5 Å². The van der Waals surface area contributed by atoms with Crippen molar-refractivity contribution in [1.29, 1.82) is 0 Å². The predicted molar refractivity (Wildman–Crippen MR) is 67.7 cm³/mol. The lowest BCUT2D eigenvalue weighted by Gasteiger charge is -2.26. The molecule has 1 N–H and O–H groups in total. The largest absolute Gasteiger partial charge is 0.495 e. The van der Waals surface area contributed by atoms with Crippen molar-refractivity contribution in [2.45, 2.75) is 11.0 Å². The fourth-order valence-corrected chi connectivity index (χ4v) is 3.25. The molecule has 0 aliphatic carbocycles. The topological polar surface area (TPSA) is 64.6 Å². The second kappa shape index (κ2) is 5.26. The molecule has 1 aromatic rings. The molecule has 2 rings (SSSR count). The SMILES string of the molecule is COc1cccc(C2CNCCO2)c1S(C)(=O)=O. The fourth-order valence-electron chi connectivity index (χ4n) is 2.11. The third-order valence-electron chi connectivity index (χ3n) is 2.87. The second-order valence-electron chi connectivity index (χ2n) is 4.21. The Hall–Kier alpha value is -1.11. The number of sulfone groups is 1. The van der Waals surface area contributed by atoms with E-state index >= 15 is 0 Å². The van der Waals surface area contributed by atoms with E-state index in [1.54, 1.807) is 18.2 Å². The Morgan fingerprint density at radius 2 is 2.22 bits per heavy atom. The van der Waals surface area contributed by atoms with Crippen molar-refractivity contribution in [3.8, 4) is 5.75 Å². The first kappa shape index (κ1) is 13.3. The normalized spacial score (nSPS) is 20.7. The Kier molecular flexibility index (Phi) is 3.89. The molecule has 0 spiro atoms. The number of methoxy groups -OCH3 is 1. The van der Waals surface area contributed by atoms with Crippen molar-refractivity contribution in [2.75, 3.05) is 33.1 Å². The van der Waals surface area contributed by atoms with E-state index in [9.17, 15) is 8.42 Å². The summed E-state index contributed by atoms with van der Waals surface area (Å²) in [5.41, 5.74) is 0.657. The first-order valence-electron chi connectivity index (χ1n) is 5.73. The molecule has 1 unspecified atom stereocenters. The Bertz CT molecular complexity index is 521. The average Bonchev–Trinajstić information content (AvgIpc) is 2.38. The van der Waals surface area contributed by atoms with Gasteiger partial charge in [0.25, 0.3) is 0 Å². The Morgan fingerprint density at radius 1 is 1.44 bits per heavy atom. The van der Waals surface area contributed by atoms with Gasteiger partial charge in [0.2, 0.25) is 0 Å². The van der Waals surface area contributed by atoms with E-state index < -0.39 is 9.84 Å². The lowest BCUT2D eigenvalue weighted by atomic mass is 10.1. The van der Waals surface area contributed by atoms with Gasteiger partial charge in [0.1, 0.15) is 10.6 Å². The summed E-state index contributed by atoms with van der Waals surface area (Å²) in [6, 6.07) is 5.20. The Labute approximate surface area is 107 Å². The average molecular weight is 271 g/mol. The van der Waals surface area contributed by atoms with Crippen molar-refractivity contribution >= 4 is 9.84 Å². The molecule has 0 saturated carbocycles. The first-order chi connectivity index (χ1) is 8.54. The van der Waals surface area contributed by atoms with Gasteiger partial charge in [-0.1, -0.05) is 12.1 Å². The summed E-state index contributed by atoms with van der Waals surface area (Å²) in [4.78, 5) is 0.223. The van der Waals surface area contributed by atoms with Gasteiger partial charge in [-0.05, 0) is 6.07 Å². The van der Waals surface area contributed by atoms with E-state index in [4.69, 9.17) is 9.47 Å².